The van der Waals surface area contributed by atoms with Gasteiger partial charge in [-0.15, -0.1) is 0 Å². The highest BCUT2D eigenvalue weighted by molar-refractivity contribution is 5.29. The van der Waals surface area contributed by atoms with Gasteiger partial charge in [-0.2, -0.15) is 0 Å². The number of likely N-dealkylation sites (N-methyl/N-ethyl adjacent to an activating group) is 1. The molecule has 3 heterocycles. The summed E-state index contributed by atoms with van der Waals surface area (Å²) in [6.45, 7) is 2.87. The van der Waals surface area contributed by atoms with E-state index in [1.165, 1.54) is 12.8 Å². The predicted molar refractivity (Wildman–Crippen MR) is 69.6 cm³/mol. The normalized spacial score (nSPS) is 31.7. The molecule has 2 unspecified atom stereocenters. The summed E-state index contributed by atoms with van der Waals surface area (Å²) in [5.41, 5.74) is 0.0476. The van der Waals surface area contributed by atoms with Crippen molar-refractivity contribution in [3.63, 3.8) is 0 Å². The van der Waals surface area contributed by atoms with Gasteiger partial charge in [0.2, 0.25) is 5.95 Å². The Kier molecular flexibility index (Phi) is 3.18. The molecule has 2 atom stereocenters. The van der Waals surface area contributed by atoms with Crippen molar-refractivity contribution in [1.82, 2.24) is 15.3 Å². The molecule has 18 heavy (non-hydrogen) atoms. The second-order valence-electron chi connectivity index (χ2n) is 5.29. The van der Waals surface area contributed by atoms with E-state index < -0.39 is 0 Å². The molecule has 2 aliphatic heterocycles. The molecular weight excluding hydrogens is 228 g/mol. The highest BCUT2D eigenvalue weighted by Gasteiger charge is 2.42. The third-order valence-electron chi connectivity index (χ3n) is 4.04. The van der Waals surface area contributed by atoms with Gasteiger partial charge < -0.3 is 15.0 Å². The summed E-state index contributed by atoms with van der Waals surface area (Å²) in [6, 6.07) is 2.22. The first-order valence-corrected chi connectivity index (χ1v) is 6.64. The highest BCUT2D eigenvalue weighted by Crippen LogP contribution is 2.34. The van der Waals surface area contributed by atoms with Crippen LogP contribution in [0.5, 0.6) is 0 Å². The van der Waals surface area contributed by atoms with Crippen molar-refractivity contribution in [3.05, 3.63) is 18.5 Å². The fraction of sp³-hybridized carbons (Fsp3) is 0.692. The predicted octanol–water partition coefficient (Wildman–Crippen LogP) is 0.824. The van der Waals surface area contributed by atoms with E-state index in [1.807, 2.05) is 6.07 Å². The number of aromatic nitrogens is 2. The van der Waals surface area contributed by atoms with Crippen LogP contribution in [0.15, 0.2) is 18.5 Å². The largest absolute Gasteiger partial charge is 0.371 e. The number of nitrogens with one attached hydrogen (secondary N) is 1. The molecule has 2 saturated heterocycles. The van der Waals surface area contributed by atoms with Gasteiger partial charge in [0.1, 0.15) is 0 Å². The Bertz CT molecular complexity index is 391. The van der Waals surface area contributed by atoms with Crippen molar-refractivity contribution in [2.75, 3.05) is 31.6 Å². The summed E-state index contributed by atoms with van der Waals surface area (Å²) in [5.74, 6) is 0.784. The number of piperidine rings is 1. The van der Waals surface area contributed by atoms with E-state index in [1.54, 1.807) is 12.4 Å². The molecule has 1 N–H and O–H groups in total. The molecular formula is C13H20N4O. The number of rotatable bonds is 2. The lowest BCUT2D eigenvalue weighted by atomic mass is 9.89. The van der Waals surface area contributed by atoms with Crippen molar-refractivity contribution < 1.29 is 4.74 Å². The van der Waals surface area contributed by atoms with Gasteiger partial charge >= 0.3 is 0 Å². The Labute approximate surface area is 108 Å². The molecule has 5 heteroatoms. The minimum atomic E-state index is 0.0476. The number of anilines is 1. The van der Waals surface area contributed by atoms with Gasteiger partial charge in [0.15, 0.2) is 0 Å². The van der Waals surface area contributed by atoms with E-state index in [4.69, 9.17) is 4.74 Å². The number of nitrogens with zero attached hydrogens (tertiary/aromatic N) is 3. The van der Waals surface area contributed by atoms with Crippen LogP contribution in [0, 0.1) is 0 Å². The lowest BCUT2D eigenvalue weighted by Crippen LogP contribution is -2.46. The summed E-state index contributed by atoms with van der Waals surface area (Å²) in [5, 5.41) is 3.44. The summed E-state index contributed by atoms with van der Waals surface area (Å²) < 4.78 is 6.08. The first-order chi connectivity index (χ1) is 8.79. The minimum absolute atomic E-state index is 0.0476. The Morgan fingerprint density at radius 1 is 1.44 bits per heavy atom. The van der Waals surface area contributed by atoms with Crippen LogP contribution in [0.25, 0.3) is 0 Å². The molecule has 1 aromatic rings. The molecule has 2 fully saturated rings. The second kappa shape index (κ2) is 4.82. The monoisotopic (exact) mass is 248 g/mol. The van der Waals surface area contributed by atoms with Crippen molar-refractivity contribution in [1.29, 1.82) is 0 Å². The van der Waals surface area contributed by atoms with Gasteiger partial charge in [0, 0.05) is 32.4 Å². The fourth-order valence-electron chi connectivity index (χ4n) is 2.94. The lowest BCUT2D eigenvalue weighted by Gasteiger charge is -2.33. The quantitative estimate of drug-likeness (QED) is 0.840. The van der Waals surface area contributed by atoms with Crippen LogP contribution >= 0.6 is 0 Å². The van der Waals surface area contributed by atoms with Crippen LogP contribution in [-0.2, 0) is 4.74 Å². The lowest BCUT2D eigenvalue weighted by molar-refractivity contribution is -0.0139. The SMILES string of the molecule is CN(c1ncccn1)C1COC2(CCCNC2)C1. The second-order valence-corrected chi connectivity index (χ2v) is 5.29. The Balaban J connectivity index is 1.68. The van der Waals surface area contributed by atoms with Gasteiger partial charge in [-0.25, -0.2) is 9.97 Å². The van der Waals surface area contributed by atoms with Gasteiger partial charge in [-0.3, -0.25) is 0 Å². The molecule has 0 bridgehead atoms. The van der Waals surface area contributed by atoms with Gasteiger partial charge in [-0.1, -0.05) is 0 Å². The molecule has 0 amide bonds. The number of hydrogen-bond acceptors (Lipinski definition) is 5. The molecule has 0 aliphatic carbocycles. The van der Waals surface area contributed by atoms with E-state index >= 15 is 0 Å². The standard InChI is InChI=1S/C13H20N4O/c1-17(12-15-6-3-7-16-12)11-8-13(18-9-11)4-2-5-14-10-13/h3,6-7,11,14H,2,4-5,8-10H2,1H3. The van der Waals surface area contributed by atoms with Crippen LogP contribution in [0.4, 0.5) is 5.95 Å². The molecule has 98 valence electrons. The summed E-state index contributed by atoms with van der Waals surface area (Å²) in [4.78, 5) is 10.7. The van der Waals surface area contributed by atoms with E-state index in [-0.39, 0.29) is 5.60 Å². The zero-order valence-electron chi connectivity index (χ0n) is 10.8. The maximum Gasteiger partial charge on any atom is 0.225 e. The molecule has 2 aliphatic rings. The van der Waals surface area contributed by atoms with E-state index in [2.05, 4.69) is 27.2 Å². The van der Waals surface area contributed by atoms with E-state index in [0.717, 1.165) is 32.1 Å². The van der Waals surface area contributed by atoms with Crippen molar-refractivity contribution in [3.8, 4) is 0 Å². The third-order valence-corrected chi connectivity index (χ3v) is 4.04. The zero-order chi connectivity index (χ0) is 12.4. The summed E-state index contributed by atoms with van der Waals surface area (Å²) >= 11 is 0. The van der Waals surface area contributed by atoms with Crippen LogP contribution in [0.2, 0.25) is 0 Å². The Morgan fingerprint density at radius 3 is 3.00 bits per heavy atom. The van der Waals surface area contributed by atoms with Gasteiger partial charge in [-0.05, 0) is 25.5 Å². The Hall–Kier alpha value is -1.20. The topological polar surface area (TPSA) is 50.3 Å². The average molecular weight is 248 g/mol. The van der Waals surface area contributed by atoms with E-state index in [0.29, 0.717) is 6.04 Å². The van der Waals surface area contributed by atoms with Crippen LogP contribution < -0.4 is 10.2 Å². The van der Waals surface area contributed by atoms with E-state index in [9.17, 15) is 0 Å². The van der Waals surface area contributed by atoms with Gasteiger partial charge in [0.25, 0.3) is 0 Å². The zero-order valence-corrected chi connectivity index (χ0v) is 10.8. The van der Waals surface area contributed by atoms with Crippen LogP contribution in [0.1, 0.15) is 19.3 Å². The average Bonchev–Trinajstić information content (AvgIpc) is 2.83. The molecule has 3 rings (SSSR count). The first-order valence-electron chi connectivity index (χ1n) is 6.64. The molecule has 0 saturated carbocycles. The number of ether oxygens (including phenoxy) is 1. The Morgan fingerprint density at radius 2 is 2.28 bits per heavy atom. The first kappa shape index (κ1) is 11.9. The summed E-state index contributed by atoms with van der Waals surface area (Å²) in [6.07, 6.45) is 7.01. The third kappa shape index (κ3) is 2.20. The van der Waals surface area contributed by atoms with Crippen LogP contribution in [0.3, 0.4) is 0 Å². The maximum absolute atomic E-state index is 6.08. The van der Waals surface area contributed by atoms with Crippen molar-refractivity contribution in [2.24, 2.45) is 0 Å². The van der Waals surface area contributed by atoms with Crippen molar-refractivity contribution in [2.45, 2.75) is 30.9 Å². The molecule has 0 radical (unpaired) electrons. The molecule has 0 aromatic carbocycles. The smallest absolute Gasteiger partial charge is 0.225 e. The molecule has 5 nitrogen and oxygen atoms in total. The summed E-state index contributed by atoms with van der Waals surface area (Å²) in [7, 11) is 2.05. The maximum atomic E-state index is 6.08. The van der Waals surface area contributed by atoms with Crippen molar-refractivity contribution >= 4 is 5.95 Å². The highest BCUT2D eigenvalue weighted by atomic mass is 16.5. The minimum Gasteiger partial charge on any atom is -0.371 e. The fourth-order valence-corrected chi connectivity index (χ4v) is 2.94. The molecule has 1 spiro atoms. The number of hydrogen-bond donors (Lipinski definition) is 1. The van der Waals surface area contributed by atoms with Gasteiger partial charge in [0.05, 0.1) is 18.2 Å². The van der Waals surface area contributed by atoms with Crippen LogP contribution in [-0.4, -0.2) is 48.4 Å². The molecule has 1 aromatic heterocycles.